The third kappa shape index (κ3) is 3.65. The van der Waals surface area contributed by atoms with Gasteiger partial charge in [-0.2, -0.15) is 0 Å². The number of carbonyl (C=O) groups is 1. The molecule has 1 aromatic carbocycles. The molecular weight excluding hydrogens is 290 g/mol. The van der Waals surface area contributed by atoms with Gasteiger partial charge in [0.25, 0.3) is 15.9 Å². The highest BCUT2D eigenvalue weighted by atomic mass is 32.2. The summed E-state index contributed by atoms with van der Waals surface area (Å²) in [7, 11) is -3.82. The van der Waals surface area contributed by atoms with Crippen molar-refractivity contribution in [3.8, 4) is 0 Å². The maximum Gasteiger partial charge on any atom is 0.284 e. The van der Waals surface area contributed by atoms with Crippen molar-refractivity contribution >= 4 is 15.9 Å². The van der Waals surface area contributed by atoms with Crippen molar-refractivity contribution in [2.24, 2.45) is 0 Å². The van der Waals surface area contributed by atoms with Crippen LogP contribution >= 0.6 is 0 Å². The van der Waals surface area contributed by atoms with Gasteiger partial charge in [-0.05, 0) is 37.6 Å². The average Bonchev–Trinajstić information content (AvgIpc) is 2.45. The first-order valence-electron chi connectivity index (χ1n) is 6.20. The molecule has 0 unspecified atom stereocenters. The number of hydrazine groups is 1. The van der Waals surface area contributed by atoms with Crippen molar-refractivity contribution in [1.29, 1.82) is 0 Å². The van der Waals surface area contributed by atoms with E-state index in [-0.39, 0.29) is 10.6 Å². The van der Waals surface area contributed by atoms with Gasteiger partial charge in [0, 0.05) is 6.20 Å². The number of carbonyl (C=O) groups excluding carboxylic acids is 1. The first-order chi connectivity index (χ1) is 9.90. The second-order valence-corrected chi connectivity index (χ2v) is 6.19. The quantitative estimate of drug-likeness (QED) is 0.834. The second kappa shape index (κ2) is 6.02. The molecule has 21 heavy (non-hydrogen) atoms. The van der Waals surface area contributed by atoms with Gasteiger partial charge in [0.2, 0.25) is 0 Å². The van der Waals surface area contributed by atoms with Gasteiger partial charge in [-0.3, -0.25) is 15.2 Å². The van der Waals surface area contributed by atoms with Crippen LogP contribution in [0, 0.1) is 13.8 Å². The van der Waals surface area contributed by atoms with E-state index in [2.05, 4.69) is 15.2 Å². The van der Waals surface area contributed by atoms with Crippen LogP contribution in [0.25, 0.3) is 0 Å². The van der Waals surface area contributed by atoms with Crippen LogP contribution in [0.1, 0.15) is 21.6 Å². The van der Waals surface area contributed by atoms with Gasteiger partial charge in [0.05, 0.1) is 4.90 Å². The number of pyridine rings is 1. The number of amides is 1. The average molecular weight is 305 g/mol. The van der Waals surface area contributed by atoms with Crippen LogP contribution < -0.4 is 10.3 Å². The van der Waals surface area contributed by atoms with Gasteiger partial charge in [0.15, 0.2) is 0 Å². The number of hydrogen-bond donors (Lipinski definition) is 2. The second-order valence-electron chi connectivity index (χ2n) is 4.54. The van der Waals surface area contributed by atoms with E-state index >= 15 is 0 Å². The zero-order chi connectivity index (χ0) is 15.5. The Kier molecular flexibility index (Phi) is 4.35. The molecule has 7 heteroatoms. The highest BCUT2D eigenvalue weighted by molar-refractivity contribution is 7.89. The summed E-state index contributed by atoms with van der Waals surface area (Å²) < 4.78 is 24.3. The van der Waals surface area contributed by atoms with Crippen LogP contribution in [0.4, 0.5) is 0 Å². The standard InChI is InChI=1S/C14H15N3O3S/c1-10-6-7-13(11(2)9-10)21(19,20)17-16-14(18)12-5-3-4-8-15-12/h3-9,17H,1-2H3,(H,16,18). The number of nitrogens with one attached hydrogen (secondary N) is 2. The predicted molar refractivity (Wildman–Crippen MR) is 77.9 cm³/mol. The summed E-state index contributed by atoms with van der Waals surface area (Å²) in [6, 6.07) is 9.75. The molecule has 1 heterocycles. The fourth-order valence-electron chi connectivity index (χ4n) is 1.83. The van der Waals surface area contributed by atoms with E-state index in [1.807, 2.05) is 6.92 Å². The van der Waals surface area contributed by atoms with Crippen LogP contribution in [0.15, 0.2) is 47.5 Å². The Morgan fingerprint density at radius 2 is 1.90 bits per heavy atom. The molecular formula is C14H15N3O3S. The molecule has 0 radical (unpaired) electrons. The predicted octanol–water partition coefficient (Wildman–Crippen LogP) is 1.32. The molecule has 0 saturated carbocycles. The van der Waals surface area contributed by atoms with E-state index in [0.29, 0.717) is 5.56 Å². The fourth-order valence-corrected chi connectivity index (χ4v) is 2.90. The number of benzene rings is 1. The van der Waals surface area contributed by atoms with E-state index < -0.39 is 15.9 Å². The van der Waals surface area contributed by atoms with Gasteiger partial charge < -0.3 is 0 Å². The third-order valence-corrected chi connectivity index (χ3v) is 4.22. The summed E-state index contributed by atoms with van der Waals surface area (Å²) in [4.78, 5) is 17.8. The molecule has 2 aromatic rings. The lowest BCUT2D eigenvalue weighted by Gasteiger charge is -2.10. The first-order valence-corrected chi connectivity index (χ1v) is 7.69. The number of hydrogen-bond acceptors (Lipinski definition) is 4. The topological polar surface area (TPSA) is 88.2 Å². The molecule has 0 saturated heterocycles. The SMILES string of the molecule is Cc1ccc(S(=O)(=O)NNC(=O)c2ccccn2)c(C)c1. The number of aryl methyl sites for hydroxylation is 2. The van der Waals surface area contributed by atoms with Crippen LogP contribution in [-0.2, 0) is 10.0 Å². The van der Waals surface area contributed by atoms with E-state index in [1.54, 1.807) is 31.2 Å². The Balaban J connectivity index is 2.13. The van der Waals surface area contributed by atoms with Crippen molar-refractivity contribution in [3.05, 3.63) is 59.4 Å². The lowest BCUT2D eigenvalue weighted by molar-refractivity contribution is 0.0940. The summed E-state index contributed by atoms with van der Waals surface area (Å²) >= 11 is 0. The van der Waals surface area contributed by atoms with Gasteiger partial charge in [-0.1, -0.05) is 23.8 Å². The summed E-state index contributed by atoms with van der Waals surface area (Å²) in [5.74, 6) is -0.621. The summed E-state index contributed by atoms with van der Waals surface area (Å²) in [5, 5.41) is 0. The van der Waals surface area contributed by atoms with Crippen molar-refractivity contribution in [1.82, 2.24) is 15.2 Å². The molecule has 110 valence electrons. The number of aromatic nitrogens is 1. The monoisotopic (exact) mass is 305 g/mol. The van der Waals surface area contributed by atoms with Crippen LogP contribution in [-0.4, -0.2) is 19.3 Å². The Labute approximate surface area is 123 Å². The highest BCUT2D eigenvalue weighted by Gasteiger charge is 2.18. The normalized spacial score (nSPS) is 11.1. The molecule has 1 aromatic heterocycles. The molecule has 0 atom stereocenters. The Bertz CT molecular complexity index is 758. The molecule has 0 spiro atoms. The molecule has 2 N–H and O–H groups in total. The molecule has 0 fully saturated rings. The molecule has 0 aliphatic rings. The van der Waals surface area contributed by atoms with Crippen molar-refractivity contribution in [3.63, 3.8) is 0 Å². The minimum atomic E-state index is -3.82. The Hall–Kier alpha value is -2.25. The van der Waals surface area contributed by atoms with Gasteiger partial charge in [-0.15, -0.1) is 4.83 Å². The van der Waals surface area contributed by atoms with E-state index in [1.165, 1.54) is 18.3 Å². The minimum absolute atomic E-state index is 0.120. The lowest BCUT2D eigenvalue weighted by atomic mass is 10.2. The van der Waals surface area contributed by atoms with Crippen LogP contribution in [0.5, 0.6) is 0 Å². The molecule has 0 bridgehead atoms. The third-order valence-electron chi connectivity index (χ3n) is 2.82. The fraction of sp³-hybridized carbons (Fsp3) is 0.143. The molecule has 2 rings (SSSR count). The van der Waals surface area contributed by atoms with E-state index in [4.69, 9.17) is 0 Å². The maximum atomic E-state index is 12.2. The minimum Gasteiger partial charge on any atom is -0.272 e. The Morgan fingerprint density at radius 1 is 1.14 bits per heavy atom. The summed E-state index contributed by atoms with van der Waals surface area (Å²) in [5.41, 5.74) is 3.83. The van der Waals surface area contributed by atoms with Crippen LogP contribution in [0.3, 0.4) is 0 Å². The largest absolute Gasteiger partial charge is 0.284 e. The molecule has 0 aliphatic heterocycles. The maximum absolute atomic E-state index is 12.2. The number of rotatable bonds is 4. The van der Waals surface area contributed by atoms with Crippen molar-refractivity contribution in [2.75, 3.05) is 0 Å². The number of nitrogens with zero attached hydrogens (tertiary/aromatic N) is 1. The summed E-state index contributed by atoms with van der Waals surface area (Å²) in [6.45, 7) is 3.57. The summed E-state index contributed by atoms with van der Waals surface area (Å²) in [6.07, 6.45) is 1.45. The van der Waals surface area contributed by atoms with E-state index in [0.717, 1.165) is 5.56 Å². The Morgan fingerprint density at radius 3 is 2.52 bits per heavy atom. The van der Waals surface area contributed by atoms with Gasteiger partial charge in [0.1, 0.15) is 5.69 Å². The molecule has 1 amide bonds. The van der Waals surface area contributed by atoms with Gasteiger partial charge in [-0.25, -0.2) is 8.42 Å². The van der Waals surface area contributed by atoms with Gasteiger partial charge >= 0.3 is 0 Å². The van der Waals surface area contributed by atoms with E-state index in [9.17, 15) is 13.2 Å². The highest BCUT2D eigenvalue weighted by Crippen LogP contribution is 2.15. The first kappa shape index (κ1) is 15.1. The molecule has 6 nitrogen and oxygen atoms in total. The van der Waals surface area contributed by atoms with Crippen molar-refractivity contribution < 1.29 is 13.2 Å². The smallest absolute Gasteiger partial charge is 0.272 e. The number of sulfonamides is 1. The molecule has 0 aliphatic carbocycles. The lowest BCUT2D eigenvalue weighted by Crippen LogP contribution is -2.42. The van der Waals surface area contributed by atoms with Crippen LogP contribution in [0.2, 0.25) is 0 Å². The zero-order valence-corrected chi connectivity index (χ0v) is 12.4. The zero-order valence-electron chi connectivity index (χ0n) is 11.6. The van der Waals surface area contributed by atoms with Crippen molar-refractivity contribution in [2.45, 2.75) is 18.7 Å².